The van der Waals surface area contributed by atoms with Crippen molar-refractivity contribution >= 4 is 39.9 Å². The number of hydrogen-bond acceptors (Lipinski definition) is 8. The van der Waals surface area contributed by atoms with Crippen molar-refractivity contribution in [1.82, 2.24) is 29.0 Å². The number of benzene rings is 1. The van der Waals surface area contributed by atoms with E-state index in [-0.39, 0.29) is 18.0 Å². The van der Waals surface area contributed by atoms with Crippen LogP contribution in [0.25, 0.3) is 44.8 Å². The molecule has 1 aliphatic heterocycles. The molecule has 3 N–H and O–H groups in total. The molecule has 2 aliphatic carbocycles. The van der Waals surface area contributed by atoms with Crippen molar-refractivity contribution in [2.75, 3.05) is 26.1 Å². The highest BCUT2D eigenvalue weighted by Crippen LogP contribution is 2.40. The van der Waals surface area contributed by atoms with Gasteiger partial charge >= 0.3 is 6.09 Å². The van der Waals surface area contributed by atoms with Gasteiger partial charge in [0.1, 0.15) is 22.7 Å². The number of nitrogens with zero attached hydrogens (tertiary/aromatic N) is 6. The normalized spacial score (nSPS) is 20.5. The number of nitrogens with one attached hydrogen (secondary N) is 1. The summed E-state index contributed by atoms with van der Waals surface area (Å²) in [6.07, 6.45) is 5.52. The Labute approximate surface area is 265 Å². The second-order valence-electron chi connectivity index (χ2n) is 12.7. The van der Waals surface area contributed by atoms with Crippen molar-refractivity contribution in [1.29, 1.82) is 0 Å². The van der Waals surface area contributed by atoms with E-state index in [9.17, 15) is 9.59 Å². The van der Waals surface area contributed by atoms with Crippen molar-refractivity contribution < 1.29 is 19.1 Å². The van der Waals surface area contributed by atoms with Gasteiger partial charge in [-0.2, -0.15) is 0 Å². The topological polar surface area (TPSA) is 142 Å². The van der Waals surface area contributed by atoms with E-state index in [4.69, 9.17) is 20.4 Å². The van der Waals surface area contributed by atoms with Crippen molar-refractivity contribution in [2.24, 2.45) is 24.6 Å². The molecule has 3 atom stereocenters. The van der Waals surface area contributed by atoms with E-state index in [0.717, 1.165) is 58.7 Å². The van der Waals surface area contributed by atoms with Crippen LogP contribution >= 0.6 is 0 Å². The third kappa shape index (κ3) is 4.66. The molecule has 2 saturated carbocycles. The Bertz CT molecular complexity index is 2010. The van der Waals surface area contributed by atoms with Crippen LogP contribution in [0.2, 0.25) is 0 Å². The molecular formula is C34H36N8O4. The maximum absolute atomic E-state index is 13.7. The number of pyridine rings is 2. The smallest absolute Gasteiger partial charge is 0.412 e. The van der Waals surface area contributed by atoms with Gasteiger partial charge in [-0.3, -0.25) is 10.1 Å². The second kappa shape index (κ2) is 10.8. The van der Waals surface area contributed by atoms with E-state index in [0.29, 0.717) is 41.0 Å². The van der Waals surface area contributed by atoms with Gasteiger partial charge in [-0.05, 0) is 80.0 Å². The number of imidazole rings is 1. The average Bonchev–Trinajstić information content (AvgIpc) is 3.48. The molecule has 0 radical (unpaired) electrons. The summed E-state index contributed by atoms with van der Waals surface area (Å²) in [6, 6.07) is 13.7. The van der Waals surface area contributed by atoms with Crippen LogP contribution in [0.1, 0.15) is 36.0 Å². The highest BCUT2D eigenvalue weighted by Gasteiger charge is 2.47. The predicted molar refractivity (Wildman–Crippen MR) is 173 cm³/mol. The van der Waals surface area contributed by atoms with Crippen molar-refractivity contribution in [3.05, 3.63) is 54.2 Å². The SMILES string of the molecule is COC(=O)Nc1ccc(-c2ccc3cc(-c4nc5cc(C(=O)N6C[C@H]7CC[C@@H]6[C@@H]7N)cc(OC)c5n4C)n(CC4CC4)c3n2)cn1. The fourth-order valence-electron chi connectivity index (χ4n) is 7.26. The Morgan fingerprint density at radius 2 is 1.89 bits per heavy atom. The van der Waals surface area contributed by atoms with Crippen LogP contribution < -0.4 is 15.8 Å². The van der Waals surface area contributed by atoms with Crippen LogP contribution in [0, 0.1) is 11.8 Å². The van der Waals surface area contributed by atoms with Crippen LogP contribution in [-0.2, 0) is 18.3 Å². The number of nitrogens with two attached hydrogens (primary N) is 1. The van der Waals surface area contributed by atoms with Crippen molar-refractivity contribution in [2.45, 2.75) is 44.3 Å². The van der Waals surface area contributed by atoms with E-state index < -0.39 is 6.09 Å². The molecule has 5 heterocycles. The van der Waals surface area contributed by atoms with Gasteiger partial charge in [0.2, 0.25) is 0 Å². The lowest BCUT2D eigenvalue weighted by molar-refractivity contribution is 0.0700. The minimum atomic E-state index is -0.573. The number of aryl methyl sites for hydroxylation is 1. The standard InChI is InChI=1S/C34H36N8O4/c1-40-30-24(12-22(14-27(30)45-2)33(43)42-17-21-7-10-25(42)29(21)35)38-32(40)26-13-19-6-9-23(37-31(19)41(26)16-18-4-5-18)20-8-11-28(36-15-20)39-34(44)46-3/h6,8-9,11-15,18,21,25,29H,4-5,7,10,16-17,35H2,1-3H3,(H,36,39,44)/t21-,25-,29-/m1/s1. The third-order valence-electron chi connectivity index (χ3n) is 9.90. The summed E-state index contributed by atoms with van der Waals surface area (Å²) in [6.45, 7) is 1.54. The summed E-state index contributed by atoms with van der Waals surface area (Å²) in [4.78, 5) is 41.8. The number of amides is 2. The number of likely N-dealkylation sites (tertiary alicyclic amines) is 1. The zero-order chi connectivity index (χ0) is 31.7. The number of hydrogen-bond donors (Lipinski definition) is 2. The van der Waals surface area contributed by atoms with Crippen molar-refractivity contribution in [3.63, 3.8) is 0 Å². The van der Waals surface area contributed by atoms with E-state index in [1.807, 2.05) is 40.8 Å². The summed E-state index contributed by atoms with van der Waals surface area (Å²) < 4.78 is 14.8. The Balaban J connectivity index is 1.19. The van der Waals surface area contributed by atoms with Gasteiger partial charge < -0.3 is 29.2 Å². The molecule has 2 amide bonds. The first-order chi connectivity index (χ1) is 22.3. The van der Waals surface area contributed by atoms with Gasteiger partial charge in [-0.1, -0.05) is 0 Å². The minimum absolute atomic E-state index is 0.0155. The third-order valence-corrected chi connectivity index (χ3v) is 9.90. The quantitative estimate of drug-likeness (QED) is 0.264. The summed E-state index contributed by atoms with van der Waals surface area (Å²) in [5, 5.41) is 3.58. The first-order valence-corrected chi connectivity index (χ1v) is 15.8. The molecule has 0 spiro atoms. The number of carbonyl (C=O) groups is 2. The highest BCUT2D eigenvalue weighted by atomic mass is 16.5. The molecule has 46 heavy (non-hydrogen) atoms. The molecule has 3 fully saturated rings. The Kier molecular flexibility index (Phi) is 6.71. The number of anilines is 1. The molecular weight excluding hydrogens is 584 g/mol. The molecule has 12 nitrogen and oxygen atoms in total. The van der Waals surface area contributed by atoms with E-state index in [1.54, 1.807) is 19.4 Å². The van der Waals surface area contributed by atoms with Gasteiger partial charge in [-0.25, -0.2) is 19.7 Å². The van der Waals surface area contributed by atoms with Gasteiger partial charge in [-0.15, -0.1) is 0 Å². The number of ether oxygens (including phenoxy) is 2. The number of carbonyl (C=O) groups excluding carboxylic acids is 2. The van der Waals surface area contributed by atoms with Crippen molar-refractivity contribution in [3.8, 4) is 28.5 Å². The van der Waals surface area contributed by atoms with E-state index >= 15 is 0 Å². The Morgan fingerprint density at radius 1 is 1.04 bits per heavy atom. The average molecular weight is 621 g/mol. The van der Waals surface area contributed by atoms with E-state index in [1.165, 1.54) is 20.0 Å². The maximum Gasteiger partial charge on any atom is 0.412 e. The monoisotopic (exact) mass is 620 g/mol. The molecule has 0 unspecified atom stereocenters. The lowest BCUT2D eigenvalue weighted by Gasteiger charge is -2.27. The molecule has 8 rings (SSSR count). The molecule has 2 bridgehead atoms. The summed E-state index contributed by atoms with van der Waals surface area (Å²) in [5.74, 6) is 2.73. The van der Waals surface area contributed by atoms with E-state index in [2.05, 4.69) is 31.7 Å². The summed E-state index contributed by atoms with van der Waals surface area (Å²) >= 11 is 0. The molecule has 5 aromatic rings. The van der Waals surface area contributed by atoms with Crippen LogP contribution in [0.5, 0.6) is 5.75 Å². The van der Waals surface area contributed by atoms with Crippen LogP contribution in [0.15, 0.2) is 48.7 Å². The van der Waals surface area contributed by atoms with Gasteiger partial charge in [0, 0.05) is 54.9 Å². The molecule has 4 aromatic heterocycles. The lowest BCUT2D eigenvalue weighted by atomic mass is 10.1. The number of aromatic nitrogens is 5. The second-order valence-corrected chi connectivity index (χ2v) is 12.7. The van der Waals surface area contributed by atoms with Gasteiger partial charge in [0.25, 0.3) is 5.91 Å². The first-order valence-electron chi connectivity index (χ1n) is 15.8. The summed E-state index contributed by atoms with van der Waals surface area (Å²) in [5.41, 5.74) is 11.9. The molecule has 1 aromatic carbocycles. The molecule has 3 aliphatic rings. The highest BCUT2D eigenvalue weighted by molar-refractivity contribution is 6.00. The Hall–Kier alpha value is -4.97. The number of rotatable bonds is 7. The first kappa shape index (κ1) is 28.5. The van der Waals surface area contributed by atoms with Gasteiger partial charge in [0.15, 0.2) is 5.82 Å². The maximum atomic E-state index is 13.7. The number of piperidine rings is 1. The zero-order valence-corrected chi connectivity index (χ0v) is 26.1. The number of fused-ring (bicyclic) bond motifs is 4. The fourth-order valence-corrected chi connectivity index (χ4v) is 7.26. The fraction of sp³-hybridized carbons (Fsp3) is 0.382. The predicted octanol–water partition coefficient (Wildman–Crippen LogP) is 4.81. The van der Waals surface area contributed by atoms with Crippen LogP contribution in [-0.4, -0.2) is 73.8 Å². The minimum Gasteiger partial charge on any atom is -0.494 e. The molecule has 236 valence electrons. The molecule has 12 heteroatoms. The lowest BCUT2D eigenvalue weighted by Crippen LogP contribution is -2.41. The Morgan fingerprint density at radius 3 is 2.57 bits per heavy atom. The largest absolute Gasteiger partial charge is 0.494 e. The van der Waals surface area contributed by atoms with Crippen LogP contribution in [0.3, 0.4) is 0 Å². The zero-order valence-electron chi connectivity index (χ0n) is 26.1. The van der Waals surface area contributed by atoms with Crippen LogP contribution in [0.4, 0.5) is 10.6 Å². The van der Waals surface area contributed by atoms with Gasteiger partial charge in [0.05, 0.1) is 31.1 Å². The molecule has 1 saturated heterocycles. The summed E-state index contributed by atoms with van der Waals surface area (Å²) in [7, 11) is 4.93. The number of methoxy groups -OCH3 is 2.